The fourth-order valence-corrected chi connectivity index (χ4v) is 8.73. The molecule has 6 rings (SSSR count). The third kappa shape index (κ3) is 18.5. The third-order valence-corrected chi connectivity index (χ3v) is 12.5. The van der Waals surface area contributed by atoms with Crippen LogP contribution in [0.15, 0.2) is 16.9 Å². The predicted molar refractivity (Wildman–Crippen MR) is 283 cm³/mol. The number of carboxylic acid groups (broad SMARTS) is 1. The van der Waals surface area contributed by atoms with Crippen LogP contribution in [0.25, 0.3) is 22.3 Å². The first-order chi connectivity index (χ1) is 36.5. The number of ether oxygens (including phenoxy) is 5. The molecule has 0 saturated heterocycles. The summed E-state index contributed by atoms with van der Waals surface area (Å²) in [5, 5.41) is 17.6. The van der Waals surface area contributed by atoms with Crippen LogP contribution in [-0.4, -0.2) is 133 Å². The minimum Gasteiger partial charge on any atom is -0.481 e. The van der Waals surface area contributed by atoms with Crippen molar-refractivity contribution in [1.82, 2.24) is 30.4 Å². The summed E-state index contributed by atoms with van der Waals surface area (Å²) >= 11 is 0. The molecule has 0 radical (unpaired) electrons. The summed E-state index contributed by atoms with van der Waals surface area (Å²) in [6, 6.07) is 1.43. The average molecular weight is 1070 g/mol. The van der Waals surface area contributed by atoms with Crippen LogP contribution < -0.4 is 21.5 Å². The van der Waals surface area contributed by atoms with E-state index in [1.165, 1.54) is 36.3 Å². The van der Waals surface area contributed by atoms with Crippen molar-refractivity contribution in [2.24, 2.45) is 5.92 Å². The predicted octanol–water partition coefficient (Wildman–Crippen LogP) is 5.78. The first-order valence-electron chi connectivity index (χ1n) is 26.8. The Morgan fingerprint density at radius 1 is 0.921 bits per heavy atom. The van der Waals surface area contributed by atoms with Gasteiger partial charge in [-0.3, -0.25) is 33.6 Å². The van der Waals surface area contributed by atoms with Gasteiger partial charge in [0.25, 0.3) is 5.56 Å². The zero-order chi connectivity index (χ0) is 56.3. The summed E-state index contributed by atoms with van der Waals surface area (Å²) in [7, 11) is 0. The molecule has 0 spiro atoms. The summed E-state index contributed by atoms with van der Waals surface area (Å²) in [5.41, 5.74) is 4.36. The number of carbonyl (C=O) groups is 7. The molecule has 0 fully saturated rings. The lowest BCUT2D eigenvalue weighted by Crippen LogP contribution is -2.52. The summed E-state index contributed by atoms with van der Waals surface area (Å²) < 4.78 is 43.2. The number of fused-ring (bicyclic) bond motifs is 5. The SMILES string of the molecule is CC.CCC.CCCC(C)CC.CCCN(CC(=O)NCC(=O)OC1C(=O)OCc2c1cc1n(c2=O)Cc2c-1nc1cc(F)c(C)c3c1c2CCC3)C(=O)C(CC(=O)O)NC(=O)CCOCCOCCOCCNC=O. The first-order valence-corrected chi connectivity index (χ1v) is 26.8. The number of esters is 2. The molecule has 20 nitrogen and oxygen atoms in total. The summed E-state index contributed by atoms with van der Waals surface area (Å²) in [4.78, 5) is 107. The summed E-state index contributed by atoms with van der Waals surface area (Å²) in [6.07, 6.45) is 5.86. The molecule has 4 heterocycles. The second-order valence-electron chi connectivity index (χ2n) is 18.4. The van der Waals surface area contributed by atoms with E-state index in [-0.39, 0.29) is 69.5 Å². The van der Waals surface area contributed by atoms with Gasteiger partial charge in [0.2, 0.25) is 30.2 Å². The lowest BCUT2D eigenvalue weighted by atomic mass is 9.85. The van der Waals surface area contributed by atoms with Crippen molar-refractivity contribution in [3.05, 3.63) is 61.7 Å². The number of hydrogen-bond acceptors (Lipinski definition) is 14. The van der Waals surface area contributed by atoms with Gasteiger partial charge in [0.1, 0.15) is 25.0 Å². The van der Waals surface area contributed by atoms with Crippen molar-refractivity contribution in [2.75, 3.05) is 65.8 Å². The lowest BCUT2D eigenvalue weighted by Gasteiger charge is -2.27. The van der Waals surface area contributed by atoms with E-state index in [0.717, 1.165) is 45.7 Å². The van der Waals surface area contributed by atoms with Gasteiger partial charge in [-0.2, -0.15) is 0 Å². The smallest absolute Gasteiger partial charge is 0.352 e. The Kier molecular flexibility index (Phi) is 28.3. The summed E-state index contributed by atoms with van der Waals surface area (Å²) in [5.74, 6) is -5.15. The molecule has 0 saturated carbocycles. The largest absolute Gasteiger partial charge is 0.481 e. The number of carboxylic acids is 1. The molecule has 3 aliphatic rings. The number of cyclic esters (lactones) is 1. The fourth-order valence-electron chi connectivity index (χ4n) is 8.73. The van der Waals surface area contributed by atoms with Gasteiger partial charge in [0.15, 0.2) is 0 Å². The zero-order valence-corrected chi connectivity index (χ0v) is 46.0. The van der Waals surface area contributed by atoms with Gasteiger partial charge in [0, 0.05) is 42.1 Å². The molecular formula is C55H81FN6O14. The number of aryl methyl sites for hydroxylation is 2. The Hall–Kier alpha value is -6.32. The zero-order valence-electron chi connectivity index (χ0n) is 46.0. The highest BCUT2D eigenvalue weighted by molar-refractivity contribution is 5.94. The van der Waals surface area contributed by atoms with E-state index >= 15 is 0 Å². The molecule has 2 aromatic heterocycles. The van der Waals surface area contributed by atoms with Crippen molar-refractivity contribution in [3.8, 4) is 11.4 Å². The molecule has 1 aliphatic carbocycles. The highest BCUT2D eigenvalue weighted by Gasteiger charge is 2.39. The van der Waals surface area contributed by atoms with Crippen molar-refractivity contribution < 1.29 is 66.7 Å². The Balaban J connectivity index is 0.00000115. The Labute approximate surface area is 445 Å². The topological polar surface area (TPSA) is 260 Å². The lowest BCUT2D eigenvalue weighted by molar-refractivity contribution is -0.171. The van der Waals surface area contributed by atoms with Crippen molar-refractivity contribution in [1.29, 1.82) is 0 Å². The number of aromatic nitrogens is 2. The van der Waals surface area contributed by atoms with E-state index in [4.69, 9.17) is 28.7 Å². The molecule has 3 aromatic rings. The van der Waals surface area contributed by atoms with Gasteiger partial charge in [-0.25, -0.2) is 14.2 Å². The van der Waals surface area contributed by atoms with Gasteiger partial charge in [-0.1, -0.05) is 81.1 Å². The molecule has 21 heteroatoms. The van der Waals surface area contributed by atoms with Gasteiger partial charge >= 0.3 is 17.9 Å². The number of amides is 4. The standard InChI is InChI=1S/C43H51FN6O14.C7H16.C3H8.C2H6/c1-3-9-49(42(58)32(18-36(54)55)47-34(52)7-10-60-12-14-62-15-13-61-11-8-45-23-51)21-35(53)46-19-37(56)64-40-27-16-33-39-28(20-50(33)41(57)29(27)22-63-43(40)59)26-6-4-5-25-24(2)30(44)17-31(48-39)38(25)26;1-4-6-7(3)5-2;1-3-2;1-2/h16-17,23,32,40H,3-15,18-22H2,1-2H3,(H,45,51)(H,46,53)(H,47,52)(H,54,55);7H,4-6H2,1-3H3;3H2,1-2H3;1-2H3. The van der Waals surface area contributed by atoms with Crippen molar-refractivity contribution in [2.45, 2.75) is 152 Å². The average Bonchev–Trinajstić information content (AvgIpc) is 3.77. The van der Waals surface area contributed by atoms with Crippen LogP contribution in [-0.2, 0) is 83.2 Å². The minimum absolute atomic E-state index is 0.00203. The maximum Gasteiger partial charge on any atom is 0.352 e. The van der Waals surface area contributed by atoms with Crippen molar-refractivity contribution in [3.63, 3.8) is 0 Å². The van der Waals surface area contributed by atoms with Crippen LogP contribution in [0.4, 0.5) is 4.39 Å². The Morgan fingerprint density at radius 2 is 1.58 bits per heavy atom. The second-order valence-corrected chi connectivity index (χ2v) is 18.4. The van der Waals surface area contributed by atoms with Gasteiger partial charge in [-0.15, -0.1) is 0 Å². The Bertz CT molecular complexity index is 2500. The first kappa shape index (κ1) is 64.0. The summed E-state index contributed by atoms with van der Waals surface area (Å²) in [6.45, 7) is 18.6. The number of pyridine rings is 2. The van der Waals surface area contributed by atoms with Crippen LogP contribution in [0.2, 0.25) is 0 Å². The van der Waals surface area contributed by atoms with Gasteiger partial charge in [0.05, 0.1) is 81.6 Å². The number of rotatable bonds is 27. The molecule has 4 amide bonds. The van der Waals surface area contributed by atoms with Gasteiger partial charge < -0.3 is 54.2 Å². The number of carbonyl (C=O) groups excluding carboxylic acids is 6. The van der Waals surface area contributed by atoms with Gasteiger partial charge in [-0.05, 0) is 61.3 Å². The maximum atomic E-state index is 15.0. The van der Waals surface area contributed by atoms with Crippen LogP contribution in [0.3, 0.4) is 0 Å². The highest BCUT2D eigenvalue weighted by Crippen LogP contribution is 2.42. The number of hydrogen-bond donors (Lipinski definition) is 4. The Morgan fingerprint density at radius 3 is 2.20 bits per heavy atom. The third-order valence-electron chi connectivity index (χ3n) is 12.5. The van der Waals surface area contributed by atoms with E-state index in [1.807, 2.05) is 13.8 Å². The minimum atomic E-state index is -1.66. The monoisotopic (exact) mass is 1070 g/mol. The van der Waals surface area contributed by atoms with Crippen LogP contribution in [0.1, 0.15) is 146 Å². The number of halogens is 1. The van der Waals surface area contributed by atoms with Crippen LogP contribution in [0, 0.1) is 18.7 Å². The maximum absolute atomic E-state index is 15.0. The van der Waals surface area contributed by atoms with Crippen LogP contribution >= 0.6 is 0 Å². The molecular weight excluding hydrogens is 988 g/mol. The second kappa shape index (κ2) is 33.7. The quantitative estimate of drug-likeness (QED) is 0.0314. The van der Waals surface area contributed by atoms with E-state index in [0.29, 0.717) is 61.5 Å². The van der Waals surface area contributed by atoms with E-state index in [1.54, 1.807) is 19.9 Å². The molecule has 422 valence electrons. The molecule has 76 heavy (non-hydrogen) atoms. The molecule has 3 atom stereocenters. The van der Waals surface area contributed by atoms with E-state index < -0.39 is 72.8 Å². The number of nitrogens with zero attached hydrogens (tertiary/aromatic N) is 3. The fraction of sp³-hybridized carbons (Fsp3) is 0.618. The number of nitrogens with one attached hydrogen (secondary N) is 3. The van der Waals surface area contributed by atoms with E-state index in [9.17, 15) is 47.9 Å². The molecule has 4 N–H and O–H groups in total. The van der Waals surface area contributed by atoms with Crippen LogP contribution in [0.5, 0.6) is 0 Å². The molecule has 1 aromatic carbocycles. The highest BCUT2D eigenvalue weighted by atomic mass is 19.1. The molecule has 2 aliphatic heterocycles. The van der Waals surface area contributed by atoms with Crippen molar-refractivity contribution >= 4 is 52.9 Å². The number of aliphatic carboxylic acids is 1. The number of benzene rings is 1. The normalized spacial score (nSPS) is 14.2. The van der Waals surface area contributed by atoms with E-state index in [2.05, 4.69) is 50.6 Å². The molecule has 3 unspecified atom stereocenters. The molecule has 0 bridgehead atoms.